The van der Waals surface area contributed by atoms with Gasteiger partial charge in [-0.1, -0.05) is 37.1 Å². The van der Waals surface area contributed by atoms with Crippen molar-refractivity contribution in [1.29, 1.82) is 0 Å². The van der Waals surface area contributed by atoms with Gasteiger partial charge in [0.1, 0.15) is 0 Å². The fourth-order valence-electron chi connectivity index (χ4n) is 2.16. The van der Waals surface area contributed by atoms with Crippen LogP contribution in [-0.2, 0) is 26.2 Å². The fourth-order valence-corrected chi connectivity index (χ4v) is 2.16. The van der Waals surface area contributed by atoms with Gasteiger partial charge in [-0.25, -0.2) is 5.57 Å². The smallest absolute Gasteiger partial charge is 1.00 e. The standard InChI is InChI=1S/C14H17.2ClH.Zr/c1-3-14(13-7-4-5-8-13)11(2)12-9-6-10-12;;;/h4-5,7H,3,6,8-9H2,1-2H3;2*1H;/q-1;;;+3/p-2. The minimum atomic E-state index is 0. The molecule has 0 saturated heterocycles. The minimum Gasteiger partial charge on any atom is -1.00 e. The van der Waals surface area contributed by atoms with Gasteiger partial charge in [0.05, 0.1) is 0 Å². The summed E-state index contributed by atoms with van der Waals surface area (Å²) in [6.07, 6.45) is 14.7. The summed E-state index contributed by atoms with van der Waals surface area (Å²) in [5, 5.41) is 0. The summed E-state index contributed by atoms with van der Waals surface area (Å²) < 4.78 is 0. The van der Waals surface area contributed by atoms with Crippen LogP contribution in [0.2, 0.25) is 0 Å². The molecule has 0 aromatic rings. The van der Waals surface area contributed by atoms with Gasteiger partial charge in [-0.15, -0.1) is 18.9 Å². The molecule has 0 aromatic carbocycles. The summed E-state index contributed by atoms with van der Waals surface area (Å²) in [5.41, 5.74) is 5.98. The Balaban J connectivity index is 0. The first kappa shape index (κ1) is 19.8. The predicted octanol–water partition coefficient (Wildman–Crippen LogP) is -1.87. The molecule has 0 aliphatic heterocycles. The van der Waals surface area contributed by atoms with Crippen molar-refractivity contribution in [2.75, 3.05) is 0 Å². The monoisotopic (exact) mass is 345 g/mol. The van der Waals surface area contributed by atoms with E-state index in [9.17, 15) is 0 Å². The third kappa shape index (κ3) is 4.54. The molecule has 0 spiro atoms. The maximum Gasteiger partial charge on any atom is 3.00 e. The van der Waals surface area contributed by atoms with Gasteiger partial charge in [0.2, 0.25) is 0 Å². The second-order valence-corrected chi connectivity index (χ2v) is 3.94. The van der Waals surface area contributed by atoms with E-state index >= 15 is 0 Å². The van der Waals surface area contributed by atoms with Crippen molar-refractivity contribution in [3.8, 4) is 0 Å². The third-order valence-corrected chi connectivity index (χ3v) is 3.13. The van der Waals surface area contributed by atoms with E-state index in [1.54, 1.807) is 0 Å². The summed E-state index contributed by atoms with van der Waals surface area (Å²) in [4.78, 5) is 0. The van der Waals surface area contributed by atoms with Crippen LogP contribution in [0, 0.1) is 6.08 Å². The van der Waals surface area contributed by atoms with Crippen molar-refractivity contribution in [1.82, 2.24) is 0 Å². The first-order valence-electron chi connectivity index (χ1n) is 5.48. The molecule has 0 unspecified atom stereocenters. The van der Waals surface area contributed by atoms with Gasteiger partial charge in [0.15, 0.2) is 0 Å². The predicted molar refractivity (Wildman–Crippen MR) is 60.8 cm³/mol. The van der Waals surface area contributed by atoms with Crippen LogP contribution in [-0.4, -0.2) is 0 Å². The second kappa shape index (κ2) is 9.37. The first-order valence-corrected chi connectivity index (χ1v) is 5.48. The summed E-state index contributed by atoms with van der Waals surface area (Å²) >= 11 is 0. The van der Waals surface area contributed by atoms with Crippen molar-refractivity contribution < 1.29 is 51.0 Å². The Morgan fingerprint density at radius 1 is 1.35 bits per heavy atom. The van der Waals surface area contributed by atoms with Gasteiger partial charge in [-0.05, 0) is 12.8 Å². The molecule has 0 aromatic heterocycles. The molecule has 0 fully saturated rings. The van der Waals surface area contributed by atoms with E-state index in [1.807, 2.05) is 0 Å². The van der Waals surface area contributed by atoms with E-state index in [2.05, 4.69) is 38.2 Å². The Morgan fingerprint density at radius 2 is 2.00 bits per heavy atom. The van der Waals surface area contributed by atoms with Gasteiger partial charge < -0.3 is 24.8 Å². The molecule has 2 aliphatic rings. The average molecular weight is 347 g/mol. The molecule has 2 aliphatic carbocycles. The van der Waals surface area contributed by atoms with Crippen molar-refractivity contribution in [3.63, 3.8) is 0 Å². The Hall–Kier alpha value is 0.423. The van der Waals surface area contributed by atoms with Crippen LogP contribution in [0.3, 0.4) is 0 Å². The maximum atomic E-state index is 3.39. The van der Waals surface area contributed by atoms with Crippen molar-refractivity contribution >= 4 is 0 Å². The molecule has 2 rings (SSSR count). The number of hydrogen-bond acceptors (Lipinski definition) is 0. The summed E-state index contributed by atoms with van der Waals surface area (Å²) in [5.74, 6) is 0. The van der Waals surface area contributed by atoms with Crippen molar-refractivity contribution in [3.05, 3.63) is 46.6 Å². The summed E-state index contributed by atoms with van der Waals surface area (Å²) in [7, 11) is 0. The summed E-state index contributed by atoms with van der Waals surface area (Å²) in [6, 6.07) is 0. The molecule has 17 heavy (non-hydrogen) atoms. The zero-order valence-corrected chi connectivity index (χ0v) is 14.3. The molecule has 0 saturated carbocycles. The largest absolute Gasteiger partial charge is 3.00 e. The van der Waals surface area contributed by atoms with E-state index in [0.29, 0.717) is 0 Å². The first-order chi connectivity index (χ1) is 6.83. The van der Waals surface area contributed by atoms with Gasteiger partial charge in [-0.3, -0.25) is 6.08 Å². The van der Waals surface area contributed by atoms with E-state index in [-0.39, 0.29) is 51.0 Å². The van der Waals surface area contributed by atoms with Crippen LogP contribution in [0.25, 0.3) is 0 Å². The maximum absolute atomic E-state index is 3.39. The van der Waals surface area contributed by atoms with Gasteiger partial charge in [0.25, 0.3) is 0 Å². The molecule has 1 radical (unpaired) electrons. The molecule has 0 nitrogen and oxygen atoms in total. The van der Waals surface area contributed by atoms with E-state index < -0.39 is 0 Å². The number of rotatable bonds is 3. The number of hydrogen-bond donors (Lipinski definition) is 0. The van der Waals surface area contributed by atoms with E-state index in [1.165, 1.54) is 28.7 Å². The van der Waals surface area contributed by atoms with E-state index in [4.69, 9.17) is 0 Å². The normalized spacial score (nSPS) is 17.5. The molecular weight excluding hydrogens is 330 g/mol. The van der Waals surface area contributed by atoms with Gasteiger partial charge >= 0.3 is 26.2 Å². The molecule has 3 heteroatoms. The van der Waals surface area contributed by atoms with E-state index in [0.717, 1.165) is 19.3 Å². The van der Waals surface area contributed by atoms with Crippen LogP contribution >= 0.6 is 0 Å². The quantitative estimate of drug-likeness (QED) is 0.525. The van der Waals surface area contributed by atoms with Crippen molar-refractivity contribution in [2.45, 2.75) is 39.5 Å². The van der Waals surface area contributed by atoms with Crippen LogP contribution < -0.4 is 24.8 Å². The van der Waals surface area contributed by atoms with Crippen LogP contribution in [0.4, 0.5) is 0 Å². The topological polar surface area (TPSA) is 0 Å². The second-order valence-electron chi connectivity index (χ2n) is 3.94. The number of allylic oxidation sites excluding steroid dienone is 8. The molecule has 91 valence electrons. The Morgan fingerprint density at radius 3 is 2.35 bits per heavy atom. The summed E-state index contributed by atoms with van der Waals surface area (Å²) in [6.45, 7) is 4.50. The number of halogens is 2. The zero-order valence-electron chi connectivity index (χ0n) is 10.3. The molecule has 0 atom stereocenters. The average Bonchev–Trinajstić information content (AvgIpc) is 2.55. The Labute approximate surface area is 136 Å². The molecule has 0 N–H and O–H groups in total. The molecular formula is C14H17Cl2Zr. The van der Waals surface area contributed by atoms with Crippen LogP contribution in [0.5, 0.6) is 0 Å². The van der Waals surface area contributed by atoms with Gasteiger partial charge in [0, 0.05) is 0 Å². The molecule has 0 heterocycles. The van der Waals surface area contributed by atoms with Crippen LogP contribution in [0.1, 0.15) is 39.5 Å². The zero-order chi connectivity index (χ0) is 9.97. The molecule has 0 bridgehead atoms. The van der Waals surface area contributed by atoms with Crippen molar-refractivity contribution in [2.24, 2.45) is 0 Å². The Bertz CT molecular complexity index is 362. The van der Waals surface area contributed by atoms with Crippen LogP contribution in [0.15, 0.2) is 40.5 Å². The van der Waals surface area contributed by atoms with Gasteiger partial charge in [-0.2, -0.15) is 5.57 Å². The Kier molecular flexibility index (Phi) is 10.9. The minimum absolute atomic E-state index is 0. The third-order valence-electron chi connectivity index (χ3n) is 3.13. The SMILES string of the molecule is CCC(C1=CC=CC1)=C(C)C1=[C-]CC1.[Cl-].[Cl-].[Zr+3]. The molecule has 0 amide bonds. The fraction of sp³-hybridized carbons (Fsp3) is 0.429.